The third-order valence-electron chi connectivity index (χ3n) is 5.49. The number of thioether (sulfide) groups is 1. The maximum absolute atomic E-state index is 12.7. The number of anilines is 1. The lowest BCUT2D eigenvalue weighted by atomic mass is 10.0. The maximum atomic E-state index is 12.7. The third-order valence-corrected chi connectivity index (χ3v) is 6.41. The van der Waals surface area contributed by atoms with E-state index in [2.05, 4.69) is 29.4 Å². The van der Waals surface area contributed by atoms with Crippen LogP contribution >= 0.6 is 11.8 Å². The second-order valence-corrected chi connectivity index (χ2v) is 9.13. The monoisotopic (exact) mass is 488 g/mol. The van der Waals surface area contributed by atoms with Gasteiger partial charge in [-0.2, -0.15) is 0 Å². The molecule has 0 aliphatic carbocycles. The molecule has 3 aromatic carbocycles. The van der Waals surface area contributed by atoms with Crippen LogP contribution in [0.5, 0.6) is 11.5 Å². The van der Waals surface area contributed by atoms with Crippen molar-refractivity contribution in [3.05, 3.63) is 78.4 Å². The van der Waals surface area contributed by atoms with Gasteiger partial charge in [-0.25, -0.2) is 0 Å². The standard InChI is InChI=1S/C27H28N4O3S/c1-18(2)19-8-10-21(11-9-19)28-25(32)17-35-27-30-29-26(20-6-5-7-24(16-20)34-4)31(27)22-12-14-23(33-3)15-13-22/h5-16,18H,17H2,1-4H3,(H,28,32). The van der Waals surface area contributed by atoms with E-state index in [0.29, 0.717) is 16.9 Å². The van der Waals surface area contributed by atoms with Gasteiger partial charge in [0.15, 0.2) is 11.0 Å². The van der Waals surface area contributed by atoms with Crippen LogP contribution in [0.4, 0.5) is 5.69 Å². The number of amides is 1. The molecule has 0 unspecified atom stereocenters. The zero-order chi connectivity index (χ0) is 24.8. The van der Waals surface area contributed by atoms with Crippen LogP contribution in [0, 0.1) is 0 Å². The second kappa shape index (κ2) is 11.1. The number of nitrogens with zero attached hydrogens (tertiary/aromatic N) is 3. The van der Waals surface area contributed by atoms with Gasteiger partial charge in [0.05, 0.1) is 20.0 Å². The molecule has 1 aromatic heterocycles. The van der Waals surface area contributed by atoms with Crippen LogP contribution in [0.15, 0.2) is 78.0 Å². The van der Waals surface area contributed by atoms with E-state index in [0.717, 1.165) is 28.4 Å². The Kier molecular flexibility index (Phi) is 7.72. The minimum atomic E-state index is -0.112. The van der Waals surface area contributed by atoms with Crippen molar-refractivity contribution in [2.24, 2.45) is 0 Å². The van der Waals surface area contributed by atoms with E-state index in [4.69, 9.17) is 9.47 Å². The van der Waals surface area contributed by atoms with Crippen molar-refractivity contribution < 1.29 is 14.3 Å². The molecule has 4 rings (SSSR count). The highest BCUT2D eigenvalue weighted by Gasteiger charge is 2.18. The number of methoxy groups -OCH3 is 2. The Labute approximate surface area is 209 Å². The van der Waals surface area contributed by atoms with Gasteiger partial charge >= 0.3 is 0 Å². The molecule has 0 aliphatic heterocycles. The highest BCUT2D eigenvalue weighted by molar-refractivity contribution is 7.99. The second-order valence-electron chi connectivity index (χ2n) is 8.19. The third kappa shape index (κ3) is 5.84. The predicted molar refractivity (Wildman–Crippen MR) is 140 cm³/mol. The number of hydrogen-bond donors (Lipinski definition) is 1. The molecule has 1 N–H and O–H groups in total. The Bertz CT molecular complexity index is 1280. The predicted octanol–water partition coefficient (Wildman–Crippen LogP) is 5.81. The summed E-state index contributed by atoms with van der Waals surface area (Å²) in [6, 6.07) is 23.2. The van der Waals surface area contributed by atoms with Gasteiger partial charge in [0.25, 0.3) is 0 Å². The first kappa shape index (κ1) is 24.3. The summed E-state index contributed by atoms with van der Waals surface area (Å²) in [6.07, 6.45) is 0. The van der Waals surface area contributed by atoms with Crippen molar-refractivity contribution in [3.63, 3.8) is 0 Å². The quantitative estimate of drug-likeness (QED) is 0.300. The molecule has 0 saturated carbocycles. The first-order valence-corrected chi connectivity index (χ1v) is 12.2. The molecule has 35 heavy (non-hydrogen) atoms. The average molecular weight is 489 g/mol. The molecule has 1 heterocycles. The summed E-state index contributed by atoms with van der Waals surface area (Å²) >= 11 is 1.33. The zero-order valence-corrected chi connectivity index (χ0v) is 21.0. The van der Waals surface area contributed by atoms with E-state index < -0.39 is 0 Å². The molecule has 0 fully saturated rings. The van der Waals surface area contributed by atoms with Gasteiger partial charge in [0.1, 0.15) is 11.5 Å². The Morgan fingerprint density at radius 2 is 1.66 bits per heavy atom. The van der Waals surface area contributed by atoms with Gasteiger partial charge in [0, 0.05) is 16.9 Å². The van der Waals surface area contributed by atoms with E-state index >= 15 is 0 Å². The molecular weight excluding hydrogens is 460 g/mol. The molecule has 1 amide bonds. The molecule has 7 nitrogen and oxygen atoms in total. The summed E-state index contributed by atoms with van der Waals surface area (Å²) in [7, 11) is 3.26. The number of aromatic nitrogens is 3. The van der Waals surface area contributed by atoms with Crippen LogP contribution in [0.2, 0.25) is 0 Å². The van der Waals surface area contributed by atoms with E-state index in [1.165, 1.54) is 17.3 Å². The number of carbonyl (C=O) groups excluding carboxylic acids is 1. The molecule has 0 bridgehead atoms. The van der Waals surface area contributed by atoms with Crippen molar-refractivity contribution in [2.75, 3.05) is 25.3 Å². The van der Waals surface area contributed by atoms with Crippen LogP contribution < -0.4 is 14.8 Å². The maximum Gasteiger partial charge on any atom is 0.234 e. The summed E-state index contributed by atoms with van der Waals surface area (Å²) < 4.78 is 12.6. The summed E-state index contributed by atoms with van der Waals surface area (Å²) in [4.78, 5) is 12.7. The fraction of sp³-hybridized carbons (Fsp3) is 0.222. The van der Waals surface area contributed by atoms with Gasteiger partial charge in [-0.05, 0) is 60.0 Å². The number of ether oxygens (including phenoxy) is 2. The van der Waals surface area contributed by atoms with Gasteiger partial charge < -0.3 is 14.8 Å². The summed E-state index contributed by atoms with van der Waals surface area (Å²) in [5, 5.41) is 12.4. The molecule has 4 aromatic rings. The molecule has 180 valence electrons. The fourth-order valence-corrected chi connectivity index (χ4v) is 4.31. The Morgan fingerprint density at radius 3 is 2.31 bits per heavy atom. The van der Waals surface area contributed by atoms with E-state index in [1.807, 2.05) is 77.4 Å². The van der Waals surface area contributed by atoms with Crippen molar-refractivity contribution >= 4 is 23.4 Å². The van der Waals surface area contributed by atoms with Gasteiger partial charge in [0.2, 0.25) is 5.91 Å². The molecular formula is C27H28N4O3S. The normalized spacial score (nSPS) is 10.9. The lowest BCUT2D eigenvalue weighted by molar-refractivity contribution is -0.113. The number of rotatable bonds is 9. The van der Waals surface area contributed by atoms with E-state index in [9.17, 15) is 4.79 Å². The summed E-state index contributed by atoms with van der Waals surface area (Å²) in [5.74, 6) is 2.66. The average Bonchev–Trinajstić information content (AvgIpc) is 3.32. The molecule has 0 saturated heterocycles. The Balaban J connectivity index is 1.57. The van der Waals surface area contributed by atoms with E-state index in [1.54, 1.807) is 14.2 Å². The van der Waals surface area contributed by atoms with Gasteiger partial charge in [-0.3, -0.25) is 9.36 Å². The number of nitrogens with one attached hydrogen (secondary N) is 1. The minimum absolute atomic E-state index is 0.112. The number of benzene rings is 3. The highest BCUT2D eigenvalue weighted by atomic mass is 32.2. The fourth-order valence-electron chi connectivity index (χ4n) is 3.56. The van der Waals surface area contributed by atoms with Crippen LogP contribution in [0.3, 0.4) is 0 Å². The smallest absolute Gasteiger partial charge is 0.234 e. The van der Waals surface area contributed by atoms with Crippen LogP contribution in [-0.2, 0) is 4.79 Å². The van der Waals surface area contributed by atoms with Crippen molar-refractivity contribution in [1.82, 2.24) is 14.8 Å². The lowest BCUT2D eigenvalue weighted by Crippen LogP contribution is -2.14. The molecule has 0 aliphatic rings. The minimum Gasteiger partial charge on any atom is -0.497 e. The zero-order valence-electron chi connectivity index (χ0n) is 20.2. The van der Waals surface area contributed by atoms with Crippen molar-refractivity contribution in [1.29, 1.82) is 0 Å². The Hall–Kier alpha value is -3.78. The van der Waals surface area contributed by atoms with Gasteiger partial charge in [-0.15, -0.1) is 10.2 Å². The molecule has 8 heteroatoms. The molecule has 0 spiro atoms. The summed E-state index contributed by atoms with van der Waals surface area (Å²) in [5.41, 5.74) is 3.72. The first-order chi connectivity index (χ1) is 17.0. The summed E-state index contributed by atoms with van der Waals surface area (Å²) in [6.45, 7) is 4.28. The van der Waals surface area contributed by atoms with Crippen LogP contribution in [0.25, 0.3) is 17.1 Å². The van der Waals surface area contributed by atoms with Crippen molar-refractivity contribution in [3.8, 4) is 28.6 Å². The number of hydrogen-bond acceptors (Lipinski definition) is 6. The van der Waals surface area contributed by atoms with Crippen LogP contribution in [-0.4, -0.2) is 40.6 Å². The number of carbonyl (C=O) groups is 1. The van der Waals surface area contributed by atoms with Crippen molar-refractivity contribution in [2.45, 2.75) is 24.9 Å². The SMILES string of the molecule is COc1ccc(-n2c(SCC(=O)Nc3ccc(C(C)C)cc3)nnc2-c2cccc(OC)c2)cc1. The lowest BCUT2D eigenvalue weighted by Gasteiger charge is -2.12. The Morgan fingerprint density at radius 1 is 0.943 bits per heavy atom. The first-order valence-electron chi connectivity index (χ1n) is 11.3. The van der Waals surface area contributed by atoms with Gasteiger partial charge in [-0.1, -0.05) is 49.9 Å². The largest absolute Gasteiger partial charge is 0.497 e. The molecule has 0 atom stereocenters. The van der Waals surface area contributed by atoms with E-state index in [-0.39, 0.29) is 11.7 Å². The highest BCUT2D eigenvalue weighted by Crippen LogP contribution is 2.30. The topological polar surface area (TPSA) is 78.3 Å². The molecule has 0 radical (unpaired) electrons. The van der Waals surface area contributed by atoms with Crippen LogP contribution in [0.1, 0.15) is 25.3 Å².